The van der Waals surface area contributed by atoms with E-state index in [0.717, 1.165) is 19.3 Å². The lowest BCUT2D eigenvalue weighted by atomic mass is 9.80. The van der Waals surface area contributed by atoms with E-state index in [1.807, 2.05) is 0 Å². The van der Waals surface area contributed by atoms with Gasteiger partial charge in [-0.2, -0.15) is 0 Å². The van der Waals surface area contributed by atoms with Crippen LogP contribution in [0, 0.1) is 0 Å². The molecule has 4 nitrogen and oxygen atoms in total. The van der Waals surface area contributed by atoms with Crippen LogP contribution in [0.15, 0.2) is 0 Å². The van der Waals surface area contributed by atoms with Gasteiger partial charge in [0.2, 0.25) is 0 Å². The standard InChI is InChI=1S/C9H15NO3/c1-12-7-4-2-3-5-9(7)6-13-8(11)10-9/h7H,2-6H2,1H3,(H,10,11). The van der Waals surface area contributed by atoms with Crippen molar-refractivity contribution < 1.29 is 14.3 Å². The zero-order valence-electron chi connectivity index (χ0n) is 7.84. The number of cyclic esters (lactones) is 1. The minimum absolute atomic E-state index is 0.118. The monoisotopic (exact) mass is 185 g/mol. The number of carbonyl (C=O) groups excluding carboxylic acids is 1. The molecule has 0 aromatic rings. The predicted molar refractivity (Wildman–Crippen MR) is 46.5 cm³/mol. The van der Waals surface area contributed by atoms with Crippen molar-refractivity contribution in [2.45, 2.75) is 37.3 Å². The molecular weight excluding hydrogens is 170 g/mol. The molecule has 13 heavy (non-hydrogen) atoms. The van der Waals surface area contributed by atoms with Gasteiger partial charge in [-0.05, 0) is 12.8 Å². The summed E-state index contributed by atoms with van der Waals surface area (Å²) in [4.78, 5) is 11.0. The summed E-state index contributed by atoms with van der Waals surface area (Å²) in [7, 11) is 1.70. The molecule has 2 atom stereocenters. The van der Waals surface area contributed by atoms with E-state index in [-0.39, 0.29) is 17.7 Å². The van der Waals surface area contributed by atoms with E-state index < -0.39 is 0 Å². The summed E-state index contributed by atoms with van der Waals surface area (Å²) >= 11 is 0. The summed E-state index contributed by atoms with van der Waals surface area (Å²) in [6, 6.07) is 0. The summed E-state index contributed by atoms with van der Waals surface area (Å²) in [5.74, 6) is 0. The lowest BCUT2D eigenvalue weighted by Gasteiger charge is -2.38. The molecule has 1 amide bonds. The van der Waals surface area contributed by atoms with E-state index in [9.17, 15) is 4.79 Å². The van der Waals surface area contributed by atoms with Gasteiger partial charge in [-0.15, -0.1) is 0 Å². The van der Waals surface area contributed by atoms with Crippen LogP contribution >= 0.6 is 0 Å². The van der Waals surface area contributed by atoms with Crippen LogP contribution in [-0.2, 0) is 9.47 Å². The predicted octanol–water partition coefficient (Wildman–Crippen LogP) is 1.05. The molecule has 2 aliphatic rings. The number of hydrogen-bond acceptors (Lipinski definition) is 3. The molecule has 74 valence electrons. The molecule has 2 unspecified atom stereocenters. The molecule has 0 aromatic heterocycles. The average Bonchev–Trinajstić information content (AvgIpc) is 2.49. The highest BCUT2D eigenvalue weighted by molar-refractivity contribution is 5.71. The maximum atomic E-state index is 11.0. The van der Waals surface area contributed by atoms with E-state index in [1.165, 1.54) is 6.42 Å². The van der Waals surface area contributed by atoms with Gasteiger partial charge >= 0.3 is 6.09 Å². The zero-order valence-corrected chi connectivity index (χ0v) is 7.84. The number of methoxy groups -OCH3 is 1. The van der Waals surface area contributed by atoms with Gasteiger partial charge in [0, 0.05) is 7.11 Å². The molecular formula is C9H15NO3. The third-order valence-electron chi connectivity index (χ3n) is 3.05. The average molecular weight is 185 g/mol. The first-order valence-corrected chi connectivity index (χ1v) is 4.74. The van der Waals surface area contributed by atoms with E-state index in [2.05, 4.69) is 5.32 Å². The third-order valence-corrected chi connectivity index (χ3v) is 3.05. The summed E-state index contributed by atoms with van der Waals surface area (Å²) in [5, 5.41) is 2.88. The quantitative estimate of drug-likeness (QED) is 0.664. The van der Waals surface area contributed by atoms with E-state index >= 15 is 0 Å². The first kappa shape index (κ1) is 8.81. The molecule has 4 heteroatoms. The minimum Gasteiger partial charge on any atom is -0.447 e. The Hall–Kier alpha value is -0.770. The van der Waals surface area contributed by atoms with Gasteiger partial charge in [0.25, 0.3) is 0 Å². The van der Waals surface area contributed by atoms with Gasteiger partial charge < -0.3 is 14.8 Å². The van der Waals surface area contributed by atoms with Crippen molar-refractivity contribution in [1.29, 1.82) is 0 Å². The number of nitrogens with one attached hydrogen (secondary N) is 1. The molecule has 1 saturated carbocycles. The van der Waals surface area contributed by atoms with Crippen LogP contribution < -0.4 is 5.32 Å². The number of rotatable bonds is 1. The number of hydrogen-bond donors (Lipinski definition) is 1. The van der Waals surface area contributed by atoms with Crippen molar-refractivity contribution in [3.63, 3.8) is 0 Å². The SMILES string of the molecule is COC1CCCCC12COC(=O)N2. The fraction of sp³-hybridized carbons (Fsp3) is 0.889. The molecule has 2 fully saturated rings. The Morgan fingerprint density at radius 3 is 3.08 bits per heavy atom. The molecule has 1 aliphatic heterocycles. The van der Waals surface area contributed by atoms with Crippen molar-refractivity contribution in [1.82, 2.24) is 5.32 Å². The van der Waals surface area contributed by atoms with Gasteiger partial charge in [-0.25, -0.2) is 4.79 Å². The fourth-order valence-electron chi connectivity index (χ4n) is 2.33. The van der Waals surface area contributed by atoms with E-state index in [1.54, 1.807) is 7.11 Å². The van der Waals surface area contributed by atoms with Gasteiger partial charge in [-0.3, -0.25) is 0 Å². The van der Waals surface area contributed by atoms with Crippen molar-refractivity contribution >= 4 is 6.09 Å². The normalized spacial score (nSPS) is 38.8. The largest absolute Gasteiger partial charge is 0.447 e. The Kier molecular flexibility index (Phi) is 2.15. The van der Waals surface area contributed by atoms with Crippen molar-refractivity contribution in [2.75, 3.05) is 13.7 Å². The molecule has 1 spiro atoms. The van der Waals surface area contributed by atoms with Crippen LogP contribution in [0.5, 0.6) is 0 Å². The number of amides is 1. The van der Waals surface area contributed by atoms with Crippen LogP contribution in [-0.4, -0.2) is 31.5 Å². The van der Waals surface area contributed by atoms with Gasteiger partial charge in [-0.1, -0.05) is 12.8 Å². The van der Waals surface area contributed by atoms with E-state index in [4.69, 9.17) is 9.47 Å². The number of alkyl carbamates (subject to hydrolysis) is 1. The second-order valence-electron chi connectivity index (χ2n) is 3.83. The number of ether oxygens (including phenoxy) is 2. The number of carbonyl (C=O) groups is 1. The summed E-state index contributed by atoms with van der Waals surface area (Å²) in [6.45, 7) is 0.463. The highest BCUT2D eigenvalue weighted by atomic mass is 16.6. The van der Waals surface area contributed by atoms with Crippen molar-refractivity contribution in [3.8, 4) is 0 Å². The maximum Gasteiger partial charge on any atom is 0.407 e. The molecule has 1 N–H and O–H groups in total. The summed E-state index contributed by atoms with van der Waals surface area (Å²) < 4.78 is 10.3. The fourth-order valence-corrected chi connectivity index (χ4v) is 2.33. The first-order chi connectivity index (χ1) is 6.27. The van der Waals surface area contributed by atoms with Crippen LogP contribution in [0.1, 0.15) is 25.7 Å². The van der Waals surface area contributed by atoms with Crippen molar-refractivity contribution in [3.05, 3.63) is 0 Å². The topological polar surface area (TPSA) is 47.6 Å². The Morgan fingerprint density at radius 2 is 2.46 bits per heavy atom. The first-order valence-electron chi connectivity index (χ1n) is 4.74. The maximum absolute atomic E-state index is 11.0. The van der Waals surface area contributed by atoms with Crippen LogP contribution in [0.2, 0.25) is 0 Å². The molecule has 1 aliphatic carbocycles. The molecule has 1 heterocycles. The van der Waals surface area contributed by atoms with E-state index in [0.29, 0.717) is 6.61 Å². The van der Waals surface area contributed by atoms with Gasteiger partial charge in [0.15, 0.2) is 0 Å². The molecule has 2 rings (SSSR count). The highest BCUT2D eigenvalue weighted by Crippen LogP contribution is 2.33. The summed E-state index contributed by atoms with van der Waals surface area (Å²) in [5.41, 5.74) is -0.232. The second-order valence-corrected chi connectivity index (χ2v) is 3.83. The van der Waals surface area contributed by atoms with Crippen LogP contribution in [0.25, 0.3) is 0 Å². The van der Waals surface area contributed by atoms with Gasteiger partial charge in [0.05, 0.1) is 6.10 Å². The molecule has 0 bridgehead atoms. The molecule has 0 aromatic carbocycles. The Balaban J connectivity index is 2.13. The smallest absolute Gasteiger partial charge is 0.407 e. The van der Waals surface area contributed by atoms with Crippen LogP contribution in [0.3, 0.4) is 0 Å². The second kappa shape index (κ2) is 3.18. The minimum atomic E-state index is -0.302. The third kappa shape index (κ3) is 1.39. The molecule has 1 saturated heterocycles. The zero-order chi connectivity index (χ0) is 9.31. The Labute approximate surface area is 77.6 Å². The van der Waals surface area contributed by atoms with Crippen molar-refractivity contribution in [2.24, 2.45) is 0 Å². The van der Waals surface area contributed by atoms with Gasteiger partial charge in [0.1, 0.15) is 12.1 Å². The lowest BCUT2D eigenvalue weighted by molar-refractivity contribution is -0.00776. The lowest BCUT2D eigenvalue weighted by Crippen LogP contribution is -2.55. The Morgan fingerprint density at radius 1 is 1.62 bits per heavy atom. The summed E-state index contributed by atoms with van der Waals surface area (Å²) in [6.07, 6.45) is 4.12. The van der Waals surface area contributed by atoms with Crippen LogP contribution in [0.4, 0.5) is 4.79 Å². The highest BCUT2D eigenvalue weighted by Gasteiger charge is 2.47. The Bertz CT molecular complexity index is 219. The molecule has 0 radical (unpaired) electrons.